The second-order valence-electron chi connectivity index (χ2n) is 4.36. The van der Waals surface area contributed by atoms with E-state index in [0.717, 1.165) is 0 Å². The Balaban J connectivity index is 2.66. The highest BCUT2D eigenvalue weighted by molar-refractivity contribution is 5.89. The minimum Gasteiger partial charge on any atom is -0.332 e. The number of hydrogen-bond acceptors (Lipinski definition) is 3. The summed E-state index contributed by atoms with van der Waals surface area (Å²) in [4.78, 5) is 11.6. The summed E-state index contributed by atoms with van der Waals surface area (Å²) in [6.07, 6.45) is 0. The lowest BCUT2D eigenvalue weighted by Crippen LogP contribution is -2.50. The van der Waals surface area contributed by atoms with Crippen LogP contribution < -0.4 is 16.4 Å². The van der Waals surface area contributed by atoms with Crippen molar-refractivity contribution in [1.82, 2.24) is 5.32 Å². The Labute approximate surface area is 101 Å². The van der Waals surface area contributed by atoms with Gasteiger partial charge >= 0.3 is 6.03 Å². The molecule has 0 aliphatic rings. The van der Waals surface area contributed by atoms with E-state index in [4.69, 9.17) is 11.0 Å². The predicted octanol–water partition coefficient (Wildman–Crippen LogP) is 1.42. The number of urea groups is 1. The molecule has 0 fully saturated rings. The first-order valence-electron chi connectivity index (χ1n) is 5.26. The number of hydrogen-bond donors (Lipinski definition) is 3. The molecule has 0 radical (unpaired) electrons. The zero-order chi connectivity index (χ0) is 12.9. The van der Waals surface area contributed by atoms with Crippen LogP contribution in [0.2, 0.25) is 0 Å². The van der Waals surface area contributed by atoms with Gasteiger partial charge in [-0.05, 0) is 32.0 Å². The summed E-state index contributed by atoms with van der Waals surface area (Å²) in [5, 5.41) is 14.1. The number of nitrogens with zero attached hydrogens (tertiary/aromatic N) is 1. The molecule has 5 nitrogen and oxygen atoms in total. The van der Waals surface area contributed by atoms with Crippen LogP contribution in [0.4, 0.5) is 10.5 Å². The third-order valence-corrected chi connectivity index (χ3v) is 2.21. The number of carbonyl (C=O) groups excluding carboxylic acids is 1. The third-order valence-electron chi connectivity index (χ3n) is 2.21. The molecule has 0 aliphatic carbocycles. The van der Waals surface area contributed by atoms with Crippen LogP contribution in [0, 0.1) is 11.3 Å². The molecule has 0 heterocycles. The number of benzene rings is 1. The van der Waals surface area contributed by atoms with Gasteiger partial charge in [-0.15, -0.1) is 0 Å². The predicted molar refractivity (Wildman–Crippen MR) is 66.4 cm³/mol. The Morgan fingerprint density at radius 2 is 2.24 bits per heavy atom. The van der Waals surface area contributed by atoms with E-state index in [1.54, 1.807) is 24.3 Å². The summed E-state index contributed by atoms with van der Waals surface area (Å²) in [5.41, 5.74) is 6.13. The van der Waals surface area contributed by atoms with Crippen molar-refractivity contribution in [2.24, 2.45) is 5.73 Å². The van der Waals surface area contributed by atoms with Crippen LogP contribution in [0.15, 0.2) is 24.3 Å². The van der Waals surface area contributed by atoms with Gasteiger partial charge in [-0.3, -0.25) is 0 Å². The molecule has 1 rings (SSSR count). The van der Waals surface area contributed by atoms with Crippen molar-refractivity contribution < 1.29 is 4.79 Å². The van der Waals surface area contributed by atoms with E-state index in [9.17, 15) is 4.79 Å². The highest BCUT2D eigenvalue weighted by Crippen LogP contribution is 2.10. The van der Waals surface area contributed by atoms with E-state index in [1.165, 1.54) is 0 Å². The first-order chi connectivity index (χ1) is 7.96. The molecule has 1 aromatic carbocycles. The fourth-order valence-electron chi connectivity index (χ4n) is 1.19. The second kappa shape index (κ2) is 5.32. The van der Waals surface area contributed by atoms with Gasteiger partial charge in [-0.25, -0.2) is 4.79 Å². The van der Waals surface area contributed by atoms with E-state index in [0.29, 0.717) is 17.8 Å². The molecule has 0 aromatic heterocycles. The zero-order valence-corrected chi connectivity index (χ0v) is 9.95. The van der Waals surface area contributed by atoms with Crippen molar-refractivity contribution in [3.8, 4) is 6.07 Å². The van der Waals surface area contributed by atoms with E-state index in [1.807, 2.05) is 19.9 Å². The van der Waals surface area contributed by atoms with Gasteiger partial charge in [0, 0.05) is 17.8 Å². The molecular weight excluding hydrogens is 216 g/mol. The summed E-state index contributed by atoms with van der Waals surface area (Å²) in [7, 11) is 0. The van der Waals surface area contributed by atoms with Crippen LogP contribution in [-0.2, 0) is 0 Å². The molecule has 17 heavy (non-hydrogen) atoms. The number of rotatable bonds is 3. The van der Waals surface area contributed by atoms with Crippen molar-refractivity contribution in [1.29, 1.82) is 5.26 Å². The minimum absolute atomic E-state index is 0.337. The molecule has 2 amide bonds. The molecule has 5 heteroatoms. The van der Waals surface area contributed by atoms with Crippen LogP contribution >= 0.6 is 0 Å². The van der Waals surface area contributed by atoms with Crippen molar-refractivity contribution in [2.75, 3.05) is 11.9 Å². The van der Waals surface area contributed by atoms with E-state index < -0.39 is 5.54 Å². The lowest BCUT2D eigenvalue weighted by Gasteiger charge is -2.24. The van der Waals surface area contributed by atoms with E-state index >= 15 is 0 Å². The standard InChI is InChI=1S/C12H16N4O/c1-12(2,8-14)16-11(17)15-10-5-3-4-9(6-10)7-13/h3-6H,8,14H2,1-2H3,(H2,15,16,17). The number of anilines is 1. The number of nitriles is 1. The average Bonchev–Trinajstić information content (AvgIpc) is 2.28. The smallest absolute Gasteiger partial charge is 0.319 e. The van der Waals surface area contributed by atoms with Gasteiger partial charge in [-0.2, -0.15) is 5.26 Å². The zero-order valence-electron chi connectivity index (χ0n) is 9.95. The van der Waals surface area contributed by atoms with Crippen molar-refractivity contribution in [3.05, 3.63) is 29.8 Å². The quantitative estimate of drug-likeness (QED) is 0.736. The first kappa shape index (κ1) is 13.0. The maximum Gasteiger partial charge on any atom is 0.319 e. The van der Waals surface area contributed by atoms with Gasteiger partial charge < -0.3 is 16.4 Å². The molecule has 0 atom stereocenters. The summed E-state index contributed by atoms with van der Waals surface area (Å²) in [6.45, 7) is 4.01. The Bertz CT molecular complexity index is 448. The fourth-order valence-corrected chi connectivity index (χ4v) is 1.19. The third kappa shape index (κ3) is 4.13. The van der Waals surface area contributed by atoms with Crippen molar-refractivity contribution in [3.63, 3.8) is 0 Å². The van der Waals surface area contributed by atoms with Crippen LogP contribution in [0.5, 0.6) is 0 Å². The Morgan fingerprint density at radius 3 is 2.82 bits per heavy atom. The molecule has 1 aromatic rings. The number of amides is 2. The van der Waals surface area contributed by atoms with E-state index in [2.05, 4.69) is 10.6 Å². The Morgan fingerprint density at radius 1 is 1.53 bits per heavy atom. The SMILES string of the molecule is CC(C)(CN)NC(=O)Nc1cccc(C#N)c1. The lowest BCUT2D eigenvalue weighted by molar-refractivity contribution is 0.242. The molecule has 0 spiro atoms. The first-order valence-corrected chi connectivity index (χ1v) is 5.26. The van der Waals surface area contributed by atoms with Crippen LogP contribution in [0.1, 0.15) is 19.4 Å². The average molecular weight is 232 g/mol. The van der Waals surface area contributed by atoms with Crippen LogP contribution in [0.25, 0.3) is 0 Å². The van der Waals surface area contributed by atoms with Crippen molar-refractivity contribution >= 4 is 11.7 Å². The van der Waals surface area contributed by atoms with E-state index in [-0.39, 0.29) is 6.03 Å². The lowest BCUT2D eigenvalue weighted by atomic mass is 10.1. The highest BCUT2D eigenvalue weighted by Gasteiger charge is 2.17. The second-order valence-corrected chi connectivity index (χ2v) is 4.36. The largest absolute Gasteiger partial charge is 0.332 e. The molecule has 0 bridgehead atoms. The number of carbonyl (C=O) groups is 1. The van der Waals surface area contributed by atoms with Crippen molar-refractivity contribution in [2.45, 2.75) is 19.4 Å². The summed E-state index contributed by atoms with van der Waals surface area (Å²) in [6, 6.07) is 8.38. The highest BCUT2D eigenvalue weighted by atomic mass is 16.2. The molecule has 0 saturated heterocycles. The molecule has 4 N–H and O–H groups in total. The topological polar surface area (TPSA) is 90.9 Å². The Kier molecular flexibility index (Phi) is 4.07. The fraction of sp³-hybridized carbons (Fsp3) is 0.333. The van der Waals surface area contributed by atoms with Gasteiger partial charge in [0.2, 0.25) is 0 Å². The molecule has 0 aliphatic heterocycles. The van der Waals surface area contributed by atoms with Gasteiger partial charge in [0.05, 0.1) is 11.6 Å². The maximum atomic E-state index is 11.6. The normalized spacial score (nSPS) is 10.5. The van der Waals surface area contributed by atoms with Gasteiger partial charge in [0.1, 0.15) is 0 Å². The molecular formula is C12H16N4O. The number of nitrogens with two attached hydrogens (primary N) is 1. The van der Waals surface area contributed by atoms with Crippen LogP contribution in [-0.4, -0.2) is 18.1 Å². The van der Waals surface area contributed by atoms with Crippen LogP contribution in [0.3, 0.4) is 0 Å². The maximum absolute atomic E-state index is 11.6. The summed E-state index contributed by atoms with van der Waals surface area (Å²) >= 11 is 0. The number of nitrogens with one attached hydrogen (secondary N) is 2. The molecule has 0 saturated carbocycles. The summed E-state index contributed by atoms with van der Waals surface area (Å²) < 4.78 is 0. The van der Waals surface area contributed by atoms with Gasteiger partial charge in [0.15, 0.2) is 0 Å². The molecule has 90 valence electrons. The van der Waals surface area contributed by atoms with Gasteiger partial charge in [0.25, 0.3) is 0 Å². The monoisotopic (exact) mass is 232 g/mol. The summed E-state index contributed by atoms with van der Waals surface area (Å²) in [5.74, 6) is 0. The minimum atomic E-state index is -0.461. The molecule has 0 unspecified atom stereocenters. The van der Waals surface area contributed by atoms with Gasteiger partial charge in [-0.1, -0.05) is 6.07 Å². The Hall–Kier alpha value is -2.06.